The highest BCUT2D eigenvalue weighted by molar-refractivity contribution is 5.55. The van der Waals surface area contributed by atoms with Crippen molar-refractivity contribution < 1.29 is 4.52 Å². The van der Waals surface area contributed by atoms with E-state index in [9.17, 15) is 0 Å². The number of aryl methyl sites for hydroxylation is 1. The number of benzene rings is 1. The van der Waals surface area contributed by atoms with E-state index in [-0.39, 0.29) is 0 Å². The topological polar surface area (TPSA) is 38.1 Å². The Morgan fingerprint density at radius 3 is 3.06 bits per heavy atom. The summed E-state index contributed by atoms with van der Waals surface area (Å²) >= 11 is 0. The zero-order valence-electron chi connectivity index (χ0n) is 9.78. The molecule has 0 unspecified atom stereocenters. The van der Waals surface area contributed by atoms with Crippen molar-refractivity contribution in [1.29, 1.82) is 0 Å². The van der Waals surface area contributed by atoms with Crippen LogP contribution in [0.1, 0.15) is 29.5 Å². The molecule has 0 fully saturated rings. The van der Waals surface area contributed by atoms with Crippen LogP contribution in [0.5, 0.6) is 0 Å². The highest BCUT2D eigenvalue weighted by atomic mass is 16.5. The minimum atomic E-state index is 0.778. The maximum atomic E-state index is 4.83. The number of anilines is 1. The first-order valence-electron chi connectivity index (χ1n) is 6.16. The van der Waals surface area contributed by atoms with Crippen LogP contribution in [0.3, 0.4) is 0 Å². The lowest BCUT2D eigenvalue weighted by Crippen LogP contribution is -2.08. The van der Waals surface area contributed by atoms with Gasteiger partial charge in [0.1, 0.15) is 6.26 Å². The molecule has 3 rings (SSSR count). The molecule has 88 valence electrons. The van der Waals surface area contributed by atoms with Gasteiger partial charge < -0.3 is 9.84 Å². The van der Waals surface area contributed by atoms with Crippen LogP contribution >= 0.6 is 0 Å². The highest BCUT2D eigenvalue weighted by Crippen LogP contribution is 2.28. The molecule has 1 aromatic carbocycles. The van der Waals surface area contributed by atoms with Crippen molar-refractivity contribution in [2.75, 3.05) is 5.32 Å². The molecule has 0 saturated carbocycles. The predicted molar refractivity (Wildman–Crippen MR) is 66.9 cm³/mol. The fourth-order valence-electron chi connectivity index (χ4n) is 2.46. The van der Waals surface area contributed by atoms with E-state index in [0.717, 1.165) is 12.1 Å². The SMILES string of the molecule is c1cc2c(c(NCc3cnoc3)c1)CCCC2. The fraction of sp³-hybridized carbons (Fsp3) is 0.357. The summed E-state index contributed by atoms with van der Waals surface area (Å²) in [5, 5.41) is 7.18. The summed E-state index contributed by atoms with van der Waals surface area (Å²) in [5.41, 5.74) is 5.35. The molecule has 0 radical (unpaired) electrons. The van der Waals surface area contributed by atoms with Gasteiger partial charge in [0, 0.05) is 17.8 Å². The van der Waals surface area contributed by atoms with Crippen LogP contribution in [0.25, 0.3) is 0 Å². The summed E-state index contributed by atoms with van der Waals surface area (Å²) < 4.78 is 4.83. The second-order valence-corrected chi connectivity index (χ2v) is 4.54. The van der Waals surface area contributed by atoms with Gasteiger partial charge in [0.05, 0.1) is 6.20 Å². The molecular formula is C14H16N2O. The maximum Gasteiger partial charge on any atom is 0.128 e. The molecule has 17 heavy (non-hydrogen) atoms. The Kier molecular flexibility index (Phi) is 2.82. The zero-order valence-corrected chi connectivity index (χ0v) is 9.78. The molecule has 0 bridgehead atoms. The molecule has 1 N–H and O–H groups in total. The van der Waals surface area contributed by atoms with Crippen molar-refractivity contribution >= 4 is 5.69 Å². The summed E-state index contributed by atoms with van der Waals surface area (Å²) in [6.45, 7) is 0.778. The number of nitrogens with zero attached hydrogens (tertiary/aromatic N) is 1. The summed E-state index contributed by atoms with van der Waals surface area (Å²) in [4.78, 5) is 0. The lowest BCUT2D eigenvalue weighted by molar-refractivity contribution is 0.419. The highest BCUT2D eigenvalue weighted by Gasteiger charge is 2.12. The second kappa shape index (κ2) is 4.62. The molecule has 0 saturated heterocycles. The summed E-state index contributed by atoms with van der Waals surface area (Å²) in [6, 6.07) is 6.55. The Hall–Kier alpha value is -1.77. The van der Waals surface area contributed by atoms with Crippen molar-refractivity contribution in [2.24, 2.45) is 0 Å². The zero-order chi connectivity index (χ0) is 11.5. The quantitative estimate of drug-likeness (QED) is 0.876. The van der Waals surface area contributed by atoms with Crippen LogP contribution in [0.15, 0.2) is 35.2 Å². The smallest absolute Gasteiger partial charge is 0.128 e. The molecule has 3 heteroatoms. The van der Waals surface area contributed by atoms with Gasteiger partial charge in [-0.1, -0.05) is 17.3 Å². The first-order valence-corrected chi connectivity index (χ1v) is 6.16. The number of aromatic nitrogens is 1. The lowest BCUT2D eigenvalue weighted by Gasteiger charge is -2.19. The van der Waals surface area contributed by atoms with Crippen molar-refractivity contribution in [3.8, 4) is 0 Å². The third-order valence-electron chi connectivity index (χ3n) is 3.36. The number of rotatable bonds is 3. The molecule has 0 aliphatic heterocycles. The van der Waals surface area contributed by atoms with Gasteiger partial charge in [0.15, 0.2) is 0 Å². The van der Waals surface area contributed by atoms with Gasteiger partial charge in [-0.3, -0.25) is 0 Å². The Morgan fingerprint density at radius 2 is 2.18 bits per heavy atom. The van der Waals surface area contributed by atoms with E-state index in [1.54, 1.807) is 12.5 Å². The van der Waals surface area contributed by atoms with Crippen molar-refractivity contribution in [3.63, 3.8) is 0 Å². The Morgan fingerprint density at radius 1 is 1.24 bits per heavy atom. The molecule has 1 aliphatic carbocycles. The van der Waals surface area contributed by atoms with Gasteiger partial charge in [-0.2, -0.15) is 0 Å². The van der Waals surface area contributed by atoms with Gasteiger partial charge in [-0.25, -0.2) is 0 Å². The van der Waals surface area contributed by atoms with Crippen molar-refractivity contribution in [2.45, 2.75) is 32.2 Å². The van der Waals surface area contributed by atoms with Crippen LogP contribution in [0, 0.1) is 0 Å². The lowest BCUT2D eigenvalue weighted by atomic mass is 9.90. The Bertz CT molecular complexity index is 491. The largest absolute Gasteiger partial charge is 0.381 e. The average Bonchev–Trinajstić information content (AvgIpc) is 2.89. The van der Waals surface area contributed by atoms with Crippen LogP contribution in [0.4, 0.5) is 5.69 Å². The van der Waals surface area contributed by atoms with Gasteiger partial charge in [-0.15, -0.1) is 0 Å². The van der Waals surface area contributed by atoms with Gasteiger partial charge in [0.2, 0.25) is 0 Å². The molecule has 0 amide bonds. The monoisotopic (exact) mass is 228 g/mol. The van der Waals surface area contributed by atoms with Crippen LogP contribution in [0.2, 0.25) is 0 Å². The number of fused-ring (bicyclic) bond motifs is 1. The number of hydrogen-bond acceptors (Lipinski definition) is 3. The summed E-state index contributed by atoms with van der Waals surface area (Å²) in [6.07, 6.45) is 8.48. The third kappa shape index (κ3) is 2.18. The second-order valence-electron chi connectivity index (χ2n) is 4.54. The van der Waals surface area contributed by atoms with Crippen molar-refractivity contribution in [1.82, 2.24) is 5.16 Å². The minimum Gasteiger partial charge on any atom is -0.381 e. The van der Waals surface area contributed by atoms with E-state index in [1.807, 2.05) is 0 Å². The van der Waals surface area contributed by atoms with Crippen LogP contribution in [-0.2, 0) is 19.4 Å². The first kappa shape index (κ1) is 10.4. The molecule has 0 spiro atoms. The van der Waals surface area contributed by atoms with E-state index < -0.39 is 0 Å². The fourth-order valence-corrected chi connectivity index (χ4v) is 2.46. The average molecular weight is 228 g/mol. The predicted octanol–water partition coefficient (Wildman–Crippen LogP) is 3.17. The van der Waals surface area contributed by atoms with Gasteiger partial charge in [0.25, 0.3) is 0 Å². The first-order chi connectivity index (χ1) is 8.43. The van der Waals surface area contributed by atoms with Crippen LogP contribution < -0.4 is 5.32 Å². The standard InChI is InChI=1S/C14H16N2O/c1-2-6-13-12(4-1)5-3-7-14(13)15-8-11-9-16-17-10-11/h3,5,7,9-10,15H,1-2,4,6,8H2. The third-order valence-corrected chi connectivity index (χ3v) is 3.36. The molecule has 0 atom stereocenters. The van der Waals surface area contributed by atoms with Gasteiger partial charge >= 0.3 is 0 Å². The van der Waals surface area contributed by atoms with E-state index in [0.29, 0.717) is 0 Å². The number of hydrogen-bond donors (Lipinski definition) is 1. The maximum absolute atomic E-state index is 4.83. The number of nitrogens with one attached hydrogen (secondary N) is 1. The van der Waals surface area contributed by atoms with E-state index in [1.165, 1.54) is 42.5 Å². The Labute approximate surface area is 101 Å². The van der Waals surface area contributed by atoms with Gasteiger partial charge in [-0.05, 0) is 42.9 Å². The van der Waals surface area contributed by atoms with E-state index >= 15 is 0 Å². The minimum absolute atomic E-state index is 0.778. The molecule has 1 aliphatic rings. The molecular weight excluding hydrogens is 212 g/mol. The van der Waals surface area contributed by atoms with E-state index in [4.69, 9.17) is 4.52 Å². The summed E-state index contributed by atoms with van der Waals surface area (Å²) in [7, 11) is 0. The molecule has 3 nitrogen and oxygen atoms in total. The summed E-state index contributed by atoms with van der Waals surface area (Å²) in [5.74, 6) is 0. The normalized spacial score (nSPS) is 14.4. The molecule has 1 aromatic heterocycles. The van der Waals surface area contributed by atoms with Crippen molar-refractivity contribution in [3.05, 3.63) is 47.3 Å². The molecule has 1 heterocycles. The van der Waals surface area contributed by atoms with E-state index in [2.05, 4.69) is 28.7 Å². The van der Waals surface area contributed by atoms with Crippen LogP contribution in [-0.4, -0.2) is 5.16 Å². The molecule has 2 aromatic rings. The Balaban J connectivity index is 1.78.